The van der Waals surface area contributed by atoms with Gasteiger partial charge in [0.25, 0.3) is 5.91 Å². The van der Waals surface area contributed by atoms with Crippen LogP contribution in [0.2, 0.25) is 0 Å². The largest absolute Gasteiger partial charge is 0.481 e. The van der Waals surface area contributed by atoms with Gasteiger partial charge in [-0.1, -0.05) is 42.8 Å². The summed E-state index contributed by atoms with van der Waals surface area (Å²) < 4.78 is 0. The summed E-state index contributed by atoms with van der Waals surface area (Å²) in [6, 6.07) is 15.5. The van der Waals surface area contributed by atoms with E-state index in [9.17, 15) is 19.5 Å². The first kappa shape index (κ1) is 20.7. The molecule has 32 heavy (non-hydrogen) atoms. The van der Waals surface area contributed by atoms with E-state index in [4.69, 9.17) is 0 Å². The highest BCUT2D eigenvalue weighted by Gasteiger charge is 2.48. The van der Waals surface area contributed by atoms with Gasteiger partial charge in [-0.15, -0.1) is 0 Å². The number of rotatable bonds is 4. The van der Waals surface area contributed by atoms with E-state index in [1.807, 2.05) is 47.4 Å². The van der Waals surface area contributed by atoms with Crippen LogP contribution in [-0.2, 0) is 9.59 Å². The van der Waals surface area contributed by atoms with E-state index < -0.39 is 11.4 Å². The van der Waals surface area contributed by atoms with Gasteiger partial charge in [0.1, 0.15) is 0 Å². The molecule has 0 bridgehead atoms. The van der Waals surface area contributed by atoms with E-state index in [0.717, 1.165) is 23.2 Å². The second kappa shape index (κ2) is 8.06. The van der Waals surface area contributed by atoms with Crippen molar-refractivity contribution >= 4 is 23.5 Å². The molecule has 7 heteroatoms. The minimum absolute atomic E-state index is 0.00990. The van der Waals surface area contributed by atoms with Crippen LogP contribution >= 0.6 is 0 Å². The lowest BCUT2D eigenvalue weighted by molar-refractivity contribution is -0.157. The molecule has 7 nitrogen and oxygen atoms in total. The summed E-state index contributed by atoms with van der Waals surface area (Å²) in [6.07, 6.45) is 2.16. The number of anilines is 1. The molecule has 1 atom stereocenters. The topological polar surface area (TPSA) is 89.9 Å². The standard InChI is InChI=1S/C25H27N3O4/c29-21(30)16-25(10-5-11-25)24(32)28-14-12-27(13-15-28)22-17-6-1-2-7-18(17)23(31)26-20-9-4-3-8-19(20)22/h1-4,6-9,22H,5,10-16H2,(H,26,31)(H,29,30). The van der Waals surface area contributed by atoms with E-state index >= 15 is 0 Å². The maximum Gasteiger partial charge on any atom is 0.304 e. The maximum atomic E-state index is 13.2. The van der Waals surface area contributed by atoms with Crippen molar-refractivity contribution in [1.82, 2.24) is 9.80 Å². The Bertz CT molecular complexity index is 1070. The SMILES string of the molecule is O=C(O)CC1(C(=O)N2CCN(C3c4ccccc4NC(=O)c4ccccc43)CC2)CCC1. The molecule has 0 radical (unpaired) electrons. The van der Waals surface area contributed by atoms with Crippen molar-refractivity contribution < 1.29 is 19.5 Å². The molecule has 2 heterocycles. The lowest BCUT2D eigenvalue weighted by atomic mass is 9.65. The number of amides is 2. The molecule has 166 valence electrons. The summed E-state index contributed by atoms with van der Waals surface area (Å²) in [5.74, 6) is -1.02. The van der Waals surface area contributed by atoms with Gasteiger partial charge in [0, 0.05) is 37.4 Å². The molecule has 2 fully saturated rings. The van der Waals surface area contributed by atoms with Gasteiger partial charge >= 0.3 is 5.97 Å². The van der Waals surface area contributed by atoms with Gasteiger partial charge in [0.15, 0.2) is 0 Å². The first-order valence-electron chi connectivity index (χ1n) is 11.2. The van der Waals surface area contributed by atoms with Crippen molar-refractivity contribution in [2.45, 2.75) is 31.7 Å². The van der Waals surface area contributed by atoms with E-state index in [2.05, 4.69) is 16.3 Å². The van der Waals surface area contributed by atoms with Gasteiger partial charge in [0.2, 0.25) is 5.91 Å². The fourth-order valence-electron chi connectivity index (χ4n) is 5.42. The number of piperazine rings is 1. The van der Waals surface area contributed by atoms with Crippen molar-refractivity contribution in [3.05, 3.63) is 65.2 Å². The van der Waals surface area contributed by atoms with Crippen LogP contribution < -0.4 is 5.32 Å². The van der Waals surface area contributed by atoms with Crippen LogP contribution in [0.15, 0.2) is 48.5 Å². The number of carbonyl (C=O) groups excluding carboxylic acids is 2. The zero-order chi connectivity index (χ0) is 22.3. The number of carboxylic acid groups (broad SMARTS) is 1. The Kier molecular flexibility index (Phi) is 5.21. The molecule has 0 spiro atoms. The number of benzene rings is 2. The number of fused-ring (bicyclic) bond motifs is 2. The lowest BCUT2D eigenvalue weighted by Crippen LogP contribution is -2.56. The van der Waals surface area contributed by atoms with Gasteiger partial charge in [-0.2, -0.15) is 0 Å². The summed E-state index contributed by atoms with van der Waals surface area (Å²) in [6.45, 7) is 2.44. The molecule has 2 N–H and O–H groups in total. The van der Waals surface area contributed by atoms with Gasteiger partial charge in [0.05, 0.1) is 17.9 Å². The fourth-order valence-corrected chi connectivity index (χ4v) is 5.42. The summed E-state index contributed by atoms with van der Waals surface area (Å²) in [5.41, 5.74) is 2.78. The normalized spacial score (nSPS) is 22.1. The van der Waals surface area contributed by atoms with Gasteiger partial charge in [-0.3, -0.25) is 19.3 Å². The number of nitrogens with one attached hydrogen (secondary N) is 1. The molecule has 1 saturated heterocycles. The minimum Gasteiger partial charge on any atom is -0.481 e. The maximum absolute atomic E-state index is 13.2. The quantitative estimate of drug-likeness (QED) is 0.773. The van der Waals surface area contributed by atoms with E-state index in [-0.39, 0.29) is 24.3 Å². The summed E-state index contributed by atoms with van der Waals surface area (Å²) >= 11 is 0. The van der Waals surface area contributed by atoms with E-state index in [1.54, 1.807) is 0 Å². The van der Waals surface area contributed by atoms with Crippen LogP contribution in [0.25, 0.3) is 0 Å². The Morgan fingerprint density at radius 2 is 1.62 bits per heavy atom. The third-order valence-corrected chi connectivity index (χ3v) is 7.22. The van der Waals surface area contributed by atoms with Crippen LogP contribution in [0.5, 0.6) is 0 Å². The molecule has 2 aliphatic heterocycles. The second-order valence-electron chi connectivity index (χ2n) is 9.06. The average molecular weight is 434 g/mol. The number of hydrogen-bond acceptors (Lipinski definition) is 4. The number of aliphatic carboxylic acids is 1. The molecule has 1 unspecified atom stereocenters. The van der Waals surface area contributed by atoms with Gasteiger partial charge in [-0.05, 0) is 36.1 Å². The summed E-state index contributed by atoms with van der Waals surface area (Å²) in [7, 11) is 0. The predicted octanol–water partition coefficient (Wildman–Crippen LogP) is 3.13. The van der Waals surface area contributed by atoms with Crippen LogP contribution in [0.3, 0.4) is 0 Å². The highest BCUT2D eigenvalue weighted by molar-refractivity contribution is 6.07. The first-order valence-corrected chi connectivity index (χ1v) is 11.2. The summed E-state index contributed by atoms with van der Waals surface area (Å²) in [4.78, 5) is 41.6. The van der Waals surface area contributed by atoms with Crippen molar-refractivity contribution in [3.8, 4) is 0 Å². The molecular weight excluding hydrogens is 406 g/mol. The Hall–Kier alpha value is -3.19. The smallest absolute Gasteiger partial charge is 0.304 e. The Morgan fingerprint density at radius 3 is 2.28 bits per heavy atom. The highest BCUT2D eigenvalue weighted by atomic mass is 16.4. The van der Waals surface area contributed by atoms with Crippen molar-refractivity contribution in [2.75, 3.05) is 31.5 Å². The number of carbonyl (C=O) groups is 3. The number of para-hydroxylation sites is 1. The number of hydrogen-bond donors (Lipinski definition) is 2. The molecule has 0 aromatic heterocycles. The van der Waals surface area contributed by atoms with Crippen LogP contribution in [-0.4, -0.2) is 58.9 Å². The Morgan fingerprint density at radius 1 is 0.969 bits per heavy atom. The molecule has 2 aromatic carbocycles. The third kappa shape index (κ3) is 3.46. The molecule has 1 aliphatic carbocycles. The number of carboxylic acids is 1. The monoisotopic (exact) mass is 433 g/mol. The molecule has 5 rings (SSSR count). The van der Waals surface area contributed by atoms with E-state index in [1.165, 1.54) is 0 Å². The number of nitrogens with zero attached hydrogens (tertiary/aromatic N) is 2. The van der Waals surface area contributed by atoms with Crippen LogP contribution in [0, 0.1) is 5.41 Å². The van der Waals surface area contributed by atoms with Crippen LogP contribution in [0.4, 0.5) is 5.69 Å². The molecule has 1 saturated carbocycles. The zero-order valence-electron chi connectivity index (χ0n) is 17.9. The molecule has 2 aromatic rings. The van der Waals surface area contributed by atoms with Crippen molar-refractivity contribution in [3.63, 3.8) is 0 Å². The molecular formula is C25H27N3O4. The summed E-state index contributed by atoms with van der Waals surface area (Å²) in [5, 5.41) is 12.3. The lowest BCUT2D eigenvalue weighted by Gasteiger charge is -2.46. The van der Waals surface area contributed by atoms with Crippen LogP contribution in [0.1, 0.15) is 53.2 Å². The molecule has 2 amide bonds. The Labute approximate surface area is 187 Å². The zero-order valence-corrected chi connectivity index (χ0v) is 17.9. The van der Waals surface area contributed by atoms with Gasteiger partial charge in [-0.25, -0.2) is 0 Å². The van der Waals surface area contributed by atoms with Gasteiger partial charge < -0.3 is 15.3 Å². The van der Waals surface area contributed by atoms with Crippen molar-refractivity contribution in [1.29, 1.82) is 0 Å². The first-order chi connectivity index (χ1) is 15.5. The highest BCUT2D eigenvalue weighted by Crippen LogP contribution is 2.46. The molecule has 3 aliphatic rings. The average Bonchev–Trinajstić information content (AvgIpc) is 2.90. The Balaban J connectivity index is 1.40. The van der Waals surface area contributed by atoms with Crippen molar-refractivity contribution in [2.24, 2.45) is 5.41 Å². The van der Waals surface area contributed by atoms with E-state index in [0.29, 0.717) is 44.6 Å². The third-order valence-electron chi connectivity index (χ3n) is 7.22. The minimum atomic E-state index is -0.902. The fraction of sp³-hybridized carbons (Fsp3) is 0.400. The second-order valence-corrected chi connectivity index (χ2v) is 9.06. The predicted molar refractivity (Wildman–Crippen MR) is 119 cm³/mol.